The molecule has 0 aliphatic carbocycles. The van der Waals surface area contributed by atoms with Crippen LogP contribution in [0.5, 0.6) is 5.75 Å². The van der Waals surface area contributed by atoms with Crippen molar-refractivity contribution in [3.05, 3.63) is 76.8 Å². The molecule has 3 aromatic carbocycles. The summed E-state index contributed by atoms with van der Waals surface area (Å²) in [5.74, 6) is 0.657. The zero-order valence-corrected chi connectivity index (χ0v) is 12.8. The van der Waals surface area contributed by atoms with Gasteiger partial charge < -0.3 is 4.74 Å². The van der Waals surface area contributed by atoms with Crippen LogP contribution < -0.4 is 4.74 Å². The molecule has 0 amide bonds. The van der Waals surface area contributed by atoms with E-state index in [0.29, 0.717) is 11.3 Å². The van der Waals surface area contributed by atoms with Gasteiger partial charge in [-0.05, 0) is 22.9 Å². The number of rotatable bonds is 4. The molecule has 0 fully saturated rings. The van der Waals surface area contributed by atoms with Gasteiger partial charge in [0.15, 0.2) is 12.4 Å². The molecule has 3 rings (SSSR count). The molecule has 3 heteroatoms. The van der Waals surface area contributed by atoms with Gasteiger partial charge in [0.2, 0.25) is 0 Å². The Balaban J connectivity index is 1.78. The Morgan fingerprint density at radius 2 is 1.67 bits per heavy atom. The summed E-state index contributed by atoms with van der Waals surface area (Å²) in [6.45, 7) is 0.0365. The second-order valence-corrected chi connectivity index (χ2v) is 5.56. The number of benzene rings is 3. The minimum Gasteiger partial charge on any atom is -0.485 e. The van der Waals surface area contributed by atoms with E-state index in [1.54, 1.807) is 12.1 Å². The van der Waals surface area contributed by atoms with Crippen molar-refractivity contribution in [3.8, 4) is 5.75 Å². The summed E-state index contributed by atoms with van der Waals surface area (Å²) in [5.41, 5.74) is 0.664. The van der Waals surface area contributed by atoms with Crippen molar-refractivity contribution in [1.82, 2.24) is 0 Å². The van der Waals surface area contributed by atoms with Crippen molar-refractivity contribution in [2.24, 2.45) is 0 Å². The second kappa shape index (κ2) is 6.10. The van der Waals surface area contributed by atoms with E-state index < -0.39 is 0 Å². The van der Waals surface area contributed by atoms with E-state index in [0.717, 1.165) is 15.2 Å². The van der Waals surface area contributed by atoms with Crippen LogP contribution in [0, 0.1) is 0 Å². The molecule has 0 spiro atoms. The zero-order chi connectivity index (χ0) is 14.7. The largest absolute Gasteiger partial charge is 0.485 e. The number of ether oxygens (including phenoxy) is 1. The molecule has 104 valence electrons. The molecule has 0 aliphatic heterocycles. The minimum absolute atomic E-state index is 0.0279. The summed E-state index contributed by atoms with van der Waals surface area (Å²) in [5, 5.41) is 2.20. The monoisotopic (exact) mass is 340 g/mol. The van der Waals surface area contributed by atoms with E-state index in [9.17, 15) is 4.79 Å². The lowest BCUT2D eigenvalue weighted by Crippen LogP contribution is -2.11. The fraction of sp³-hybridized carbons (Fsp3) is 0.0556. The molecule has 0 N–H and O–H groups in total. The van der Waals surface area contributed by atoms with Gasteiger partial charge in [0.25, 0.3) is 0 Å². The summed E-state index contributed by atoms with van der Waals surface area (Å²) >= 11 is 3.53. The maximum absolute atomic E-state index is 12.0. The predicted octanol–water partition coefficient (Wildman–Crippen LogP) is 4.86. The van der Waals surface area contributed by atoms with Crippen molar-refractivity contribution in [2.45, 2.75) is 0 Å². The van der Waals surface area contributed by atoms with E-state index in [2.05, 4.69) is 15.9 Å². The molecule has 0 saturated heterocycles. The molecule has 0 heterocycles. The van der Waals surface area contributed by atoms with Crippen molar-refractivity contribution >= 4 is 32.5 Å². The summed E-state index contributed by atoms with van der Waals surface area (Å²) < 4.78 is 6.59. The molecule has 0 saturated carbocycles. The number of hydrogen-bond donors (Lipinski definition) is 0. The van der Waals surface area contributed by atoms with Gasteiger partial charge >= 0.3 is 0 Å². The van der Waals surface area contributed by atoms with Gasteiger partial charge in [-0.3, -0.25) is 4.79 Å². The summed E-state index contributed by atoms with van der Waals surface area (Å²) in [6.07, 6.45) is 0. The molecule has 0 unspecified atom stereocenters. The number of fused-ring (bicyclic) bond motifs is 1. The highest BCUT2D eigenvalue weighted by Crippen LogP contribution is 2.29. The summed E-state index contributed by atoms with van der Waals surface area (Å²) in [6, 6.07) is 21.0. The van der Waals surface area contributed by atoms with Crippen LogP contribution in [0.25, 0.3) is 10.8 Å². The Hall–Kier alpha value is -2.13. The summed E-state index contributed by atoms with van der Waals surface area (Å²) in [7, 11) is 0. The highest BCUT2D eigenvalue weighted by Gasteiger charge is 2.07. The van der Waals surface area contributed by atoms with Crippen molar-refractivity contribution in [2.75, 3.05) is 6.61 Å². The first-order valence-electron chi connectivity index (χ1n) is 6.63. The maximum Gasteiger partial charge on any atom is 0.200 e. The van der Waals surface area contributed by atoms with Gasteiger partial charge in [-0.1, -0.05) is 70.5 Å². The van der Waals surface area contributed by atoms with Crippen molar-refractivity contribution in [3.63, 3.8) is 0 Å². The Morgan fingerprint density at radius 3 is 2.48 bits per heavy atom. The van der Waals surface area contributed by atoms with Crippen LogP contribution in [-0.2, 0) is 0 Å². The number of Topliss-reactive ketones (excluding diaryl/α,β-unsaturated/α-hetero) is 1. The van der Waals surface area contributed by atoms with Gasteiger partial charge in [-0.15, -0.1) is 0 Å². The predicted molar refractivity (Wildman–Crippen MR) is 87.9 cm³/mol. The second-order valence-electron chi connectivity index (χ2n) is 4.70. The topological polar surface area (TPSA) is 26.3 Å². The van der Waals surface area contributed by atoms with Crippen LogP contribution in [-0.4, -0.2) is 12.4 Å². The van der Waals surface area contributed by atoms with Crippen LogP contribution in [0.1, 0.15) is 10.4 Å². The highest BCUT2D eigenvalue weighted by molar-refractivity contribution is 9.10. The third-order valence-corrected chi connectivity index (χ3v) is 3.91. The molecular formula is C18H13BrO2. The van der Waals surface area contributed by atoms with E-state index >= 15 is 0 Å². The third kappa shape index (κ3) is 3.14. The average Bonchev–Trinajstić information content (AvgIpc) is 2.53. The molecule has 2 nitrogen and oxygen atoms in total. The first-order chi connectivity index (χ1) is 10.2. The van der Waals surface area contributed by atoms with Crippen LogP contribution >= 0.6 is 15.9 Å². The number of halogens is 1. The number of carbonyl (C=O) groups excluding carboxylic acids is 1. The lowest BCUT2D eigenvalue weighted by molar-refractivity contribution is 0.0921. The van der Waals surface area contributed by atoms with Gasteiger partial charge in [-0.25, -0.2) is 0 Å². The molecule has 0 atom stereocenters. The molecule has 21 heavy (non-hydrogen) atoms. The van der Waals surface area contributed by atoms with Gasteiger partial charge in [-0.2, -0.15) is 0 Å². The Morgan fingerprint density at radius 1 is 0.952 bits per heavy atom. The first kappa shape index (κ1) is 13.8. The highest BCUT2D eigenvalue weighted by atomic mass is 79.9. The van der Waals surface area contributed by atoms with E-state index in [4.69, 9.17) is 4.74 Å². The van der Waals surface area contributed by atoms with Gasteiger partial charge in [0.1, 0.15) is 5.75 Å². The summed E-state index contributed by atoms with van der Waals surface area (Å²) in [4.78, 5) is 12.0. The molecule has 0 aliphatic rings. The first-order valence-corrected chi connectivity index (χ1v) is 7.43. The average molecular weight is 341 g/mol. The maximum atomic E-state index is 12.0. The Labute approximate surface area is 131 Å². The number of carbonyl (C=O) groups is 1. The Kier molecular flexibility index (Phi) is 4.02. The molecular weight excluding hydrogens is 328 g/mol. The van der Waals surface area contributed by atoms with Crippen LogP contribution in [0.15, 0.2) is 71.2 Å². The fourth-order valence-corrected chi connectivity index (χ4v) is 2.76. The smallest absolute Gasteiger partial charge is 0.200 e. The van der Waals surface area contributed by atoms with E-state index in [1.807, 2.05) is 54.6 Å². The van der Waals surface area contributed by atoms with E-state index in [-0.39, 0.29) is 12.4 Å². The SMILES string of the molecule is O=C(COc1cc(Br)c2ccccc2c1)c1ccccc1. The lowest BCUT2D eigenvalue weighted by atomic mass is 10.1. The van der Waals surface area contributed by atoms with E-state index in [1.165, 1.54) is 0 Å². The molecule has 0 bridgehead atoms. The third-order valence-electron chi connectivity index (χ3n) is 3.25. The standard InChI is InChI=1S/C18H13BrO2/c19-17-11-15(10-14-8-4-5-9-16(14)17)21-12-18(20)13-6-2-1-3-7-13/h1-11H,12H2. The minimum atomic E-state index is -0.0279. The fourth-order valence-electron chi connectivity index (χ4n) is 2.18. The number of hydrogen-bond acceptors (Lipinski definition) is 2. The zero-order valence-electron chi connectivity index (χ0n) is 11.3. The molecule has 0 aromatic heterocycles. The normalized spacial score (nSPS) is 10.5. The van der Waals surface area contributed by atoms with Crippen LogP contribution in [0.2, 0.25) is 0 Å². The quantitative estimate of drug-likeness (QED) is 0.633. The molecule has 0 radical (unpaired) electrons. The van der Waals surface area contributed by atoms with Crippen molar-refractivity contribution in [1.29, 1.82) is 0 Å². The van der Waals surface area contributed by atoms with Crippen LogP contribution in [0.4, 0.5) is 0 Å². The van der Waals surface area contributed by atoms with Gasteiger partial charge in [0.05, 0.1) is 0 Å². The lowest BCUT2D eigenvalue weighted by Gasteiger charge is -2.08. The molecule has 3 aromatic rings. The van der Waals surface area contributed by atoms with Crippen molar-refractivity contribution < 1.29 is 9.53 Å². The van der Waals surface area contributed by atoms with Crippen LogP contribution in [0.3, 0.4) is 0 Å². The Bertz CT molecular complexity index is 782. The van der Waals surface area contributed by atoms with Gasteiger partial charge in [0, 0.05) is 10.0 Å². The number of ketones is 1.